The summed E-state index contributed by atoms with van der Waals surface area (Å²) in [5.74, 6) is 1.46. The molecular weight excluding hydrogens is 256 g/mol. The zero-order valence-corrected chi connectivity index (χ0v) is 14.0. The van der Waals surface area contributed by atoms with Crippen molar-refractivity contribution >= 4 is 0 Å². The average Bonchev–Trinajstić information content (AvgIpc) is 2.45. The fraction of sp³-hybridized carbons (Fsp3) is 0.400. The molecule has 0 spiro atoms. The van der Waals surface area contributed by atoms with E-state index in [0.717, 1.165) is 11.3 Å². The summed E-state index contributed by atoms with van der Waals surface area (Å²) >= 11 is 0. The molecule has 0 amide bonds. The van der Waals surface area contributed by atoms with Crippen molar-refractivity contribution in [3.05, 3.63) is 53.6 Å². The van der Waals surface area contributed by atoms with Gasteiger partial charge >= 0.3 is 0 Å². The van der Waals surface area contributed by atoms with E-state index in [1.165, 1.54) is 16.7 Å². The molecule has 0 aliphatic carbocycles. The Labute approximate surface area is 129 Å². The number of rotatable bonds is 3. The Morgan fingerprint density at radius 1 is 0.952 bits per heavy atom. The van der Waals surface area contributed by atoms with E-state index in [4.69, 9.17) is 4.74 Å². The van der Waals surface area contributed by atoms with E-state index in [1.807, 2.05) is 0 Å². The van der Waals surface area contributed by atoms with Crippen molar-refractivity contribution < 1.29 is 4.74 Å². The highest BCUT2D eigenvalue weighted by molar-refractivity contribution is 5.71. The van der Waals surface area contributed by atoms with Gasteiger partial charge in [0.2, 0.25) is 0 Å². The van der Waals surface area contributed by atoms with Crippen LogP contribution in [0.2, 0.25) is 0 Å². The van der Waals surface area contributed by atoms with Crippen molar-refractivity contribution in [3.8, 4) is 16.9 Å². The summed E-state index contributed by atoms with van der Waals surface area (Å²) in [6, 6.07) is 15.3. The van der Waals surface area contributed by atoms with E-state index in [2.05, 4.69) is 77.1 Å². The molecular formula is C20H26O. The van der Waals surface area contributed by atoms with E-state index in [9.17, 15) is 0 Å². The fourth-order valence-electron chi connectivity index (χ4n) is 2.46. The van der Waals surface area contributed by atoms with Gasteiger partial charge in [-0.3, -0.25) is 0 Å². The summed E-state index contributed by atoms with van der Waals surface area (Å²) in [5, 5.41) is 0. The van der Waals surface area contributed by atoms with Crippen LogP contribution in [0.25, 0.3) is 11.1 Å². The highest BCUT2D eigenvalue weighted by Gasteiger charge is 2.15. The van der Waals surface area contributed by atoms with Crippen LogP contribution >= 0.6 is 0 Å². The normalized spacial score (nSPS) is 11.8. The highest BCUT2D eigenvalue weighted by Crippen LogP contribution is 2.34. The molecule has 112 valence electrons. The predicted octanol–water partition coefficient (Wildman–Crippen LogP) is 5.78. The van der Waals surface area contributed by atoms with Gasteiger partial charge in [-0.05, 0) is 34.1 Å². The fourth-order valence-corrected chi connectivity index (χ4v) is 2.46. The number of benzene rings is 2. The second-order valence-corrected chi connectivity index (χ2v) is 6.95. The van der Waals surface area contributed by atoms with E-state index in [1.54, 1.807) is 7.11 Å². The van der Waals surface area contributed by atoms with E-state index >= 15 is 0 Å². The first-order chi connectivity index (χ1) is 9.82. The lowest BCUT2D eigenvalue weighted by Crippen LogP contribution is -2.10. The third-order valence-corrected chi connectivity index (χ3v) is 3.93. The van der Waals surface area contributed by atoms with Gasteiger partial charge in [0.15, 0.2) is 0 Å². The first-order valence-corrected chi connectivity index (χ1v) is 7.62. The lowest BCUT2D eigenvalue weighted by atomic mass is 9.85. The molecule has 0 bridgehead atoms. The van der Waals surface area contributed by atoms with Gasteiger partial charge in [-0.2, -0.15) is 0 Å². The highest BCUT2D eigenvalue weighted by atomic mass is 16.5. The second kappa shape index (κ2) is 5.93. The Bertz CT molecular complexity index is 618. The summed E-state index contributed by atoms with van der Waals surface area (Å²) in [4.78, 5) is 0. The zero-order chi connectivity index (χ0) is 15.6. The molecule has 0 unspecified atom stereocenters. The second-order valence-electron chi connectivity index (χ2n) is 6.95. The minimum absolute atomic E-state index is 0.154. The molecule has 0 aromatic heterocycles. The number of hydrogen-bond acceptors (Lipinski definition) is 1. The smallest absolute Gasteiger partial charge is 0.126 e. The monoisotopic (exact) mass is 282 g/mol. The van der Waals surface area contributed by atoms with Gasteiger partial charge in [0.05, 0.1) is 7.11 Å². The molecule has 0 aliphatic rings. The number of hydrogen-bond donors (Lipinski definition) is 0. The maximum atomic E-state index is 5.62. The average molecular weight is 282 g/mol. The number of ether oxygens (including phenoxy) is 1. The van der Waals surface area contributed by atoms with Crippen molar-refractivity contribution in [2.75, 3.05) is 7.11 Å². The summed E-state index contributed by atoms with van der Waals surface area (Å²) < 4.78 is 5.62. The SMILES string of the molecule is COc1cc(C(C)C)ccc1-c1cccc(C(C)(C)C)c1. The first kappa shape index (κ1) is 15.6. The molecule has 0 radical (unpaired) electrons. The van der Waals surface area contributed by atoms with Gasteiger partial charge < -0.3 is 4.74 Å². The van der Waals surface area contributed by atoms with Gasteiger partial charge in [-0.1, -0.05) is 71.0 Å². The van der Waals surface area contributed by atoms with Crippen molar-refractivity contribution in [2.45, 2.75) is 46.0 Å². The molecule has 0 fully saturated rings. The van der Waals surface area contributed by atoms with E-state index < -0.39 is 0 Å². The van der Waals surface area contributed by atoms with Gasteiger partial charge in [0, 0.05) is 5.56 Å². The lowest BCUT2D eigenvalue weighted by Gasteiger charge is -2.20. The molecule has 0 saturated heterocycles. The molecule has 2 aromatic carbocycles. The van der Waals surface area contributed by atoms with Gasteiger partial charge in [0.1, 0.15) is 5.75 Å². The molecule has 0 saturated carbocycles. The predicted molar refractivity (Wildman–Crippen MR) is 91.2 cm³/mol. The Morgan fingerprint density at radius 2 is 1.67 bits per heavy atom. The van der Waals surface area contributed by atoms with E-state index in [-0.39, 0.29) is 5.41 Å². The quantitative estimate of drug-likeness (QED) is 0.693. The van der Waals surface area contributed by atoms with Crippen molar-refractivity contribution in [3.63, 3.8) is 0 Å². The van der Waals surface area contributed by atoms with Crippen LogP contribution in [0, 0.1) is 0 Å². The molecule has 0 atom stereocenters. The van der Waals surface area contributed by atoms with Gasteiger partial charge in [-0.25, -0.2) is 0 Å². The minimum Gasteiger partial charge on any atom is -0.496 e. The largest absolute Gasteiger partial charge is 0.496 e. The molecule has 0 heterocycles. The molecule has 2 rings (SSSR count). The molecule has 0 N–H and O–H groups in total. The first-order valence-electron chi connectivity index (χ1n) is 7.62. The molecule has 1 heteroatoms. The molecule has 1 nitrogen and oxygen atoms in total. The van der Waals surface area contributed by atoms with E-state index in [0.29, 0.717) is 5.92 Å². The van der Waals surface area contributed by atoms with Crippen molar-refractivity contribution in [2.24, 2.45) is 0 Å². The van der Waals surface area contributed by atoms with Crippen LogP contribution in [0.1, 0.15) is 51.7 Å². The third kappa shape index (κ3) is 3.47. The van der Waals surface area contributed by atoms with Crippen LogP contribution in [0.5, 0.6) is 5.75 Å². The standard InChI is InChI=1S/C20H26O/c1-14(2)15-10-11-18(19(13-15)21-6)16-8-7-9-17(12-16)20(3,4)5/h7-14H,1-6H3. The van der Waals surface area contributed by atoms with Crippen molar-refractivity contribution in [1.82, 2.24) is 0 Å². The topological polar surface area (TPSA) is 9.23 Å². The summed E-state index contributed by atoms with van der Waals surface area (Å²) in [6.07, 6.45) is 0. The summed E-state index contributed by atoms with van der Waals surface area (Å²) in [7, 11) is 1.75. The Morgan fingerprint density at radius 3 is 2.24 bits per heavy atom. The van der Waals surface area contributed by atoms with Gasteiger partial charge in [0.25, 0.3) is 0 Å². The Kier molecular flexibility index (Phi) is 4.41. The van der Waals surface area contributed by atoms with Crippen LogP contribution in [0.15, 0.2) is 42.5 Å². The number of methoxy groups -OCH3 is 1. The molecule has 2 aromatic rings. The maximum Gasteiger partial charge on any atom is 0.126 e. The lowest BCUT2D eigenvalue weighted by molar-refractivity contribution is 0.415. The summed E-state index contributed by atoms with van der Waals surface area (Å²) in [6.45, 7) is 11.1. The Balaban J connectivity index is 2.51. The van der Waals surface area contributed by atoms with Crippen LogP contribution in [-0.4, -0.2) is 7.11 Å². The molecule has 21 heavy (non-hydrogen) atoms. The van der Waals surface area contributed by atoms with Crippen LogP contribution in [0.4, 0.5) is 0 Å². The minimum atomic E-state index is 0.154. The van der Waals surface area contributed by atoms with Crippen LogP contribution < -0.4 is 4.74 Å². The third-order valence-electron chi connectivity index (χ3n) is 3.93. The van der Waals surface area contributed by atoms with Crippen LogP contribution in [-0.2, 0) is 5.41 Å². The summed E-state index contributed by atoms with van der Waals surface area (Å²) in [5.41, 5.74) is 5.18. The zero-order valence-electron chi connectivity index (χ0n) is 14.0. The molecule has 0 aliphatic heterocycles. The Hall–Kier alpha value is -1.76. The van der Waals surface area contributed by atoms with Crippen molar-refractivity contribution in [1.29, 1.82) is 0 Å². The van der Waals surface area contributed by atoms with Gasteiger partial charge in [-0.15, -0.1) is 0 Å². The van der Waals surface area contributed by atoms with Crippen LogP contribution in [0.3, 0.4) is 0 Å². The maximum absolute atomic E-state index is 5.62.